The van der Waals surface area contributed by atoms with E-state index in [-0.39, 0.29) is 25.5 Å². The first-order valence-electron chi connectivity index (χ1n) is 8.14. The molecule has 0 fully saturated rings. The van der Waals surface area contributed by atoms with Crippen LogP contribution < -0.4 is 10.1 Å². The summed E-state index contributed by atoms with van der Waals surface area (Å²) in [6.07, 6.45) is -3.91. The quantitative estimate of drug-likeness (QED) is 0.544. The zero-order valence-corrected chi connectivity index (χ0v) is 14.8. The summed E-state index contributed by atoms with van der Waals surface area (Å²) in [5.74, 6) is 0.700. The van der Waals surface area contributed by atoms with Crippen molar-refractivity contribution in [1.29, 1.82) is 0 Å². The van der Waals surface area contributed by atoms with Gasteiger partial charge in [0, 0.05) is 11.9 Å². The SMILES string of the molecule is OCCOc1ccc(CCCNCC(O)c2csc(C(F)(F)F)n2)cc1. The fraction of sp³-hybridized carbons (Fsp3) is 0.471. The van der Waals surface area contributed by atoms with Crippen LogP contribution in [0.25, 0.3) is 0 Å². The summed E-state index contributed by atoms with van der Waals surface area (Å²) in [6, 6.07) is 7.55. The highest BCUT2D eigenvalue weighted by molar-refractivity contribution is 7.09. The monoisotopic (exact) mass is 390 g/mol. The Morgan fingerprint density at radius 1 is 1.23 bits per heavy atom. The van der Waals surface area contributed by atoms with Gasteiger partial charge in [-0.1, -0.05) is 12.1 Å². The van der Waals surface area contributed by atoms with Gasteiger partial charge in [-0.05, 0) is 37.1 Å². The molecule has 1 atom stereocenters. The molecule has 0 amide bonds. The minimum absolute atomic E-state index is 0.0301. The number of alkyl halides is 3. The average Bonchev–Trinajstić information content (AvgIpc) is 3.11. The van der Waals surface area contributed by atoms with Crippen molar-refractivity contribution in [2.75, 3.05) is 26.3 Å². The number of aromatic nitrogens is 1. The number of rotatable bonds is 10. The molecule has 0 bridgehead atoms. The first kappa shape index (κ1) is 20.6. The molecule has 26 heavy (non-hydrogen) atoms. The number of thiazole rings is 1. The van der Waals surface area contributed by atoms with Crippen molar-refractivity contribution in [3.05, 3.63) is 45.9 Å². The molecule has 0 saturated heterocycles. The van der Waals surface area contributed by atoms with Crippen molar-refractivity contribution in [2.45, 2.75) is 25.1 Å². The van der Waals surface area contributed by atoms with Crippen LogP contribution in [0.2, 0.25) is 0 Å². The molecule has 1 heterocycles. The predicted molar refractivity (Wildman–Crippen MR) is 92.3 cm³/mol. The fourth-order valence-electron chi connectivity index (χ4n) is 2.25. The molecule has 2 rings (SSSR count). The van der Waals surface area contributed by atoms with E-state index in [4.69, 9.17) is 9.84 Å². The van der Waals surface area contributed by atoms with Gasteiger partial charge in [0.25, 0.3) is 0 Å². The molecule has 2 aromatic rings. The standard InChI is InChI=1S/C17H21F3N2O3S/c18-17(19,20)16-22-14(11-26-16)15(24)10-21-7-1-2-12-3-5-13(6-4-12)25-9-8-23/h3-6,11,15,21,23-24H,1-2,7-10H2. The van der Waals surface area contributed by atoms with Gasteiger partial charge in [-0.25, -0.2) is 4.98 Å². The smallest absolute Gasteiger partial charge is 0.443 e. The second kappa shape index (κ2) is 9.86. The summed E-state index contributed by atoms with van der Waals surface area (Å²) in [6.45, 7) is 0.998. The Morgan fingerprint density at radius 2 is 1.96 bits per heavy atom. The minimum Gasteiger partial charge on any atom is -0.491 e. The first-order valence-corrected chi connectivity index (χ1v) is 9.02. The molecule has 0 spiro atoms. The summed E-state index contributed by atoms with van der Waals surface area (Å²) in [7, 11) is 0. The number of ether oxygens (including phenoxy) is 1. The summed E-state index contributed by atoms with van der Waals surface area (Å²) in [4.78, 5) is 3.43. The van der Waals surface area contributed by atoms with E-state index in [9.17, 15) is 18.3 Å². The summed E-state index contributed by atoms with van der Waals surface area (Å²) >= 11 is 0.484. The van der Waals surface area contributed by atoms with Gasteiger partial charge in [-0.15, -0.1) is 11.3 Å². The Bertz CT molecular complexity index is 662. The fourth-order valence-corrected chi connectivity index (χ4v) is 2.98. The first-order chi connectivity index (χ1) is 12.4. The number of hydrogen-bond donors (Lipinski definition) is 3. The van der Waals surface area contributed by atoms with Crippen LogP contribution in [0.3, 0.4) is 0 Å². The Hall–Kier alpha value is -1.68. The zero-order chi connectivity index (χ0) is 19.0. The maximum atomic E-state index is 12.5. The van der Waals surface area contributed by atoms with E-state index in [0.717, 1.165) is 18.4 Å². The van der Waals surface area contributed by atoms with E-state index in [1.807, 2.05) is 24.3 Å². The highest BCUT2D eigenvalue weighted by Crippen LogP contribution is 2.32. The number of aliphatic hydroxyl groups is 2. The van der Waals surface area contributed by atoms with E-state index in [1.54, 1.807) is 0 Å². The summed E-state index contributed by atoms with van der Waals surface area (Å²) in [5, 5.41) is 21.9. The van der Waals surface area contributed by atoms with Crippen molar-refractivity contribution < 1.29 is 28.1 Å². The van der Waals surface area contributed by atoms with E-state index < -0.39 is 17.3 Å². The third-order valence-electron chi connectivity index (χ3n) is 3.55. The van der Waals surface area contributed by atoms with Crippen LogP contribution >= 0.6 is 11.3 Å². The molecule has 9 heteroatoms. The van der Waals surface area contributed by atoms with Crippen LogP contribution in [0.4, 0.5) is 13.2 Å². The van der Waals surface area contributed by atoms with Crippen LogP contribution in [0.15, 0.2) is 29.6 Å². The molecule has 0 saturated carbocycles. The molecule has 0 radical (unpaired) electrons. The molecular weight excluding hydrogens is 369 g/mol. The van der Waals surface area contributed by atoms with Gasteiger partial charge < -0.3 is 20.3 Å². The lowest BCUT2D eigenvalue weighted by Crippen LogP contribution is -2.23. The minimum atomic E-state index is -4.48. The van der Waals surface area contributed by atoms with Crippen molar-refractivity contribution in [1.82, 2.24) is 10.3 Å². The van der Waals surface area contributed by atoms with Crippen molar-refractivity contribution in [2.24, 2.45) is 0 Å². The van der Waals surface area contributed by atoms with Crippen LogP contribution in [0.1, 0.15) is 28.8 Å². The highest BCUT2D eigenvalue weighted by Gasteiger charge is 2.35. The lowest BCUT2D eigenvalue weighted by atomic mass is 10.1. The number of nitrogens with one attached hydrogen (secondary N) is 1. The van der Waals surface area contributed by atoms with Gasteiger partial charge in [0.15, 0.2) is 5.01 Å². The van der Waals surface area contributed by atoms with Gasteiger partial charge in [-0.2, -0.15) is 13.2 Å². The summed E-state index contributed by atoms with van der Waals surface area (Å²) < 4.78 is 42.8. The van der Waals surface area contributed by atoms with Crippen molar-refractivity contribution in [3.63, 3.8) is 0 Å². The number of benzene rings is 1. The Kier molecular flexibility index (Phi) is 7.83. The van der Waals surface area contributed by atoms with Crippen molar-refractivity contribution in [3.8, 4) is 5.75 Å². The van der Waals surface area contributed by atoms with Gasteiger partial charge in [0.1, 0.15) is 18.5 Å². The van der Waals surface area contributed by atoms with E-state index in [0.29, 0.717) is 23.6 Å². The molecule has 5 nitrogen and oxygen atoms in total. The number of nitrogens with zero attached hydrogens (tertiary/aromatic N) is 1. The molecule has 3 N–H and O–H groups in total. The molecule has 0 aliphatic rings. The van der Waals surface area contributed by atoms with Gasteiger partial charge in [0.05, 0.1) is 12.3 Å². The van der Waals surface area contributed by atoms with Crippen LogP contribution in [-0.4, -0.2) is 41.5 Å². The second-order valence-corrected chi connectivity index (χ2v) is 6.47. The van der Waals surface area contributed by atoms with E-state index >= 15 is 0 Å². The number of halogens is 3. The topological polar surface area (TPSA) is 74.6 Å². The predicted octanol–water partition coefficient (Wildman–Crippen LogP) is 2.79. The van der Waals surface area contributed by atoms with E-state index in [1.165, 1.54) is 5.38 Å². The number of hydrogen-bond acceptors (Lipinski definition) is 6. The number of aliphatic hydroxyl groups excluding tert-OH is 2. The molecule has 0 aliphatic carbocycles. The number of aryl methyl sites for hydroxylation is 1. The molecular formula is C17H21F3N2O3S. The van der Waals surface area contributed by atoms with Crippen LogP contribution in [0.5, 0.6) is 5.75 Å². The molecule has 1 aromatic carbocycles. The highest BCUT2D eigenvalue weighted by atomic mass is 32.1. The van der Waals surface area contributed by atoms with Crippen LogP contribution in [0, 0.1) is 0 Å². The zero-order valence-electron chi connectivity index (χ0n) is 14.0. The van der Waals surface area contributed by atoms with Gasteiger partial charge >= 0.3 is 6.18 Å². The Morgan fingerprint density at radius 3 is 2.58 bits per heavy atom. The normalized spacial score (nSPS) is 13.0. The molecule has 144 valence electrons. The molecule has 1 aromatic heterocycles. The van der Waals surface area contributed by atoms with E-state index in [2.05, 4.69) is 10.3 Å². The lowest BCUT2D eigenvalue weighted by Gasteiger charge is -2.10. The Labute approximate surface area is 153 Å². The maximum Gasteiger partial charge on any atom is 0.443 e. The van der Waals surface area contributed by atoms with Crippen LogP contribution in [-0.2, 0) is 12.6 Å². The second-order valence-electron chi connectivity index (χ2n) is 5.61. The van der Waals surface area contributed by atoms with Gasteiger partial charge in [-0.3, -0.25) is 0 Å². The molecule has 1 unspecified atom stereocenters. The van der Waals surface area contributed by atoms with Gasteiger partial charge in [0.2, 0.25) is 0 Å². The largest absolute Gasteiger partial charge is 0.491 e. The summed E-state index contributed by atoms with van der Waals surface area (Å²) in [5.41, 5.74) is 1.16. The third-order valence-corrected chi connectivity index (χ3v) is 4.45. The third kappa shape index (κ3) is 6.56. The lowest BCUT2D eigenvalue weighted by molar-refractivity contribution is -0.137. The Balaban J connectivity index is 1.66. The maximum absolute atomic E-state index is 12.5. The molecule has 0 aliphatic heterocycles. The van der Waals surface area contributed by atoms with Crippen molar-refractivity contribution >= 4 is 11.3 Å². The average molecular weight is 390 g/mol.